The van der Waals surface area contributed by atoms with Crippen LogP contribution in [-0.2, 0) is 11.3 Å². The highest BCUT2D eigenvalue weighted by Gasteiger charge is 2.31. The summed E-state index contributed by atoms with van der Waals surface area (Å²) in [6.45, 7) is 4.52. The maximum atomic E-state index is 13.9. The molecule has 0 radical (unpaired) electrons. The number of nitrogens with zero attached hydrogens (tertiary/aromatic N) is 2. The summed E-state index contributed by atoms with van der Waals surface area (Å²) in [5.74, 6) is -0.701. The van der Waals surface area contributed by atoms with Crippen molar-refractivity contribution in [1.29, 1.82) is 0 Å². The van der Waals surface area contributed by atoms with Crippen LogP contribution in [0.4, 0.5) is 14.9 Å². The molecule has 3 aromatic rings. The maximum Gasteiger partial charge on any atom is 0.321 e. The molecule has 0 saturated heterocycles. The van der Waals surface area contributed by atoms with E-state index in [1.54, 1.807) is 11.9 Å². The number of nitrogens with one attached hydrogen (secondary N) is 1. The number of aliphatic hydroxyl groups excluding tert-OH is 1. The molecule has 4 rings (SSSR count). The summed E-state index contributed by atoms with van der Waals surface area (Å²) in [6, 6.07) is 20.1. The Morgan fingerprint density at radius 2 is 1.71 bits per heavy atom. The predicted octanol–water partition coefficient (Wildman–Crippen LogP) is 5.01. The molecule has 8 heteroatoms. The molecule has 38 heavy (non-hydrogen) atoms. The van der Waals surface area contributed by atoms with Gasteiger partial charge in [0.25, 0.3) is 5.91 Å². The Hall–Kier alpha value is -3.75. The van der Waals surface area contributed by atoms with Gasteiger partial charge in [-0.2, -0.15) is 0 Å². The minimum absolute atomic E-state index is 0.160. The van der Waals surface area contributed by atoms with Gasteiger partial charge in [-0.3, -0.25) is 4.79 Å². The van der Waals surface area contributed by atoms with E-state index in [-0.39, 0.29) is 36.8 Å². The van der Waals surface area contributed by atoms with Gasteiger partial charge in [-0.05, 0) is 53.9 Å². The van der Waals surface area contributed by atoms with Crippen LogP contribution in [0, 0.1) is 11.7 Å². The number of likely N-dealkylation sites (N-methyl/N-ethyl adjacent to an activating group) is 1. The predicted molar refractivity (Wildman–Crippen MR) is 145 cm³/mol. The first-order valence-corrected chi connectivity index (χ1v) is 12.8. The molecule has 0 aliphatic carbocycles. The second kappa shape index (κ2) is 12.2. The minimum Gasteiger partial charge on any atom is -0.394 e. The third kappa shape index (κ3) is 6.20. The van der Waals surface area contributed by atoms with Gasteiger partial charge in [-0.15, -0.1) is 0 Å². The molecule has 7 nitrogen and oxygen atoms in total. The van der Waals surface area contributed by atoms with Crippen LogP contribution in [0.5, 0.6) is 0 Å². The number of rotatable bonds is 5. The van der Waals surface area contributed by atoms with E-state index in [0.717, 1.165) is 16.7 Å². The lowest BCUT2D eigenvalue weighted by Gasteiger charge is -2.35. The van der Waals surface area contributed by atoms with Crippen LogP contribution in [0.2, 0.25) is 0 Å². The third-order valence-corrected chi connectivity index (χ3v) is 6.99. The highest BCUT2D eigenvalue weighted by Crippen LogP contribution is 2.31. The Kier molecular flexibility index (Phi) is 8.76. The average molecular weight is 520 g/mol. The van der Waals surface area contributed by atoms with E-state index in [9.17, 15) is 19.1 Å². The van der Waals surface area contributed by atoms with Crippen LogP contribution < -0.4 is 5.32 Å². The number of carbonyl (C=O) groups excluding carboxylic acids is 2. The number of halogens is 1. The lowest BCUT2D eigenvalue weighted by atomic mass is 9.94. The summed E-state index contributed by atoms with van der Waals surface area (Å²) in [6.07, 6.45) is -0.408. The Balaban J connectivity index is 1.64. The summed E-state index contributed by atoms with van der Waals surface area (Å²) >= 11 is 0. The molecule has 3 atom stereocenters. The molecule has 3 amide bonds. The summed E-state index contributed by atoms with van der Waals surface area (Å²) in [7, 11) is 1.67. The van der Waals surface area contributed by atoms with Crippen molar-refractivity contribution < 1.29 is 23.8 Å². The van der Waals surface area contributed by atoms with Crippen molar-refractivity contribution >= 4 is 17.6 Å². The largest absolute Gasteiger partial charge is 0.394 e. The molecule has 0 fully saturated rings. The molecule has 1 aliphatic rings. The molecule has 1 aliphatic heterocycles. The Morgan fingerprint density at radius 1 is 1.08 bits per heavy atom. The smallest absolute Gasteiger partial charge is 0.321 e. The number of urea groups is 1. The van der Waals surface area contributed by atoms with Crippen molar-refractivity contribution in [1.82, 2.24) is 9.80 Å². The Bertz CT molecular complexity index is 1270. The molecule has 200 valence electrons. The van der Waals surface area contributed by atoms with E-state index < -0.39 is 12.1 Å². The van der Waals surface area contributed by atoms with Gasteiger partial charge in [-0.25, -0.2) is 9.18 Å². The number of hydrogen-bond acceptors (Lipinski definition) is 4. The number of benzene rings is 3. The number of carbonyl (C=O) groups is 2. The topological polar surface area (TPSA) is 82.1 Å². The van der Waals surface area contributed by atoms with Crippen LogP contribution >= 0.6 is 0 Å². The fourth-order valence-corrected chi connectivity index (χ4v) is 4.66. The van der Waals surface area contributed by atoms with Gasteiger partial charge in [-0.1, -0.05) is 49.4 Å². The van der Waals surface area contributed by atoms with Gasteiger partial charge >= 0.3 is 6.03 Å². The van der Waals surface area contributed by atoms with Crippen LogP contribution in [-0.4, -0.2) is 65.7 Å². The molecule has 1 heterocycles. The van der Waals surface area contributed by atoms with Crippen molar-refractivity contribution in [2.75, 3.05) is 32.1 Å². The van der Waals surface area contributed by atoms with Gasteiger partial charge in [0.05, 0.1) is 25.4 Å². The molecule has 3 aromatic carbocycles. The monoisotopic (exact) mass is 519 g/mol. The average Bonchev–Trinajstić information content (AvgIpc) is 2.95. The van der Waals surface area contributed by atoms with Crippen molar-refractivity contribution in [3.8, 4) is 11.1 Å². The van der Waals surface area contributed by atoms with Crippen LogP contribution in [0.15, 0.2) is 72.8 Å². The summed E-state index contributed by atoms with van der Waals surface area (Å²) < 4.78 is 19.7. The van der Waals surface area contributed by atoms with E-state index in [0.29, 0.717) is 24.4 Å². The van der Waals surface area contributed by atoms with Crippen molar-refractivity contribution in [3.05, 3.63) is 89.7 Å². The summed E-state index contributed by atoms with van der Waals surface area (Å²) in [5.41, 5.74) is 3.71. The first-order valence-electron chi connectivity index (χ1n) is 12.8. The van der Waals surface area contributed by atoms with Gasteiger partial charge in [0.2, 0.25) is 0 Å². The first-order chi connectivity index (χ1) is 18.3. The fourth-order valence-electron chi connectivity index (χ4n) is 4.66. The van der Waals surface area contributed by atoms with E-state index in [1.165, 1.54) is 29.2 Å². The third-order valence-electron chi connectivity index (χ3n) is 6.99. The van der Waals surface area contributed by atoms with E-state index in [1.807, 2.05) is 62.4 Å². The maximum absolute atomic E-state index is 13.9. The summed E-state index contributed by atoms with van der Waals surface area (Å²) in [4.78, 5) is 30.0. The Labute approximate surface area is 222 Å². The molecular formula is C30H34FN3O4. The van der Waals surface area contributed by atoms with E-state index >= 15 is 0 Å². The number of anilines is 1. The number of hydrogen-bond donors (Lipinski definition) is 2. The molecule has 0 spiro atoms. The SMILES string of the molecule is C[C@H](CO)N1C[C@H](C)[C@@H](CN(C)C(=O)Nc2ccc(F)cc2)OCc2ccccc2-c2ccccc2C1=O. The van der Waals surface area contributed by atoms with Gasteiger partial charge in [0.1, 0.15) is 5.82 Å². The first kappa shape index (κ1) is 27.3. The zero-order valence-electron chi connectivity index (χ0n) is 21.9. The van der Waals surface area contributed by atoms with E-state index in [2.05, 4.69) is 5.32 Å². The lowest BCUT2D eigenvalue weighted by Crippen LogP contribution is -2.48. The van der Waals surface area contributed by atoms with Crippen molar-refractivity contribution in [2.45, 2.75) is 32.6 Å². The lowest BCUT2D eigenvalue weighted by molar-refractivity contribution is -0.0178. The van der Waals surface area contributed by atoms with Crippen LogP contribution in [0.3, 0.4) is 0 Å². The number of ether oxygens (including phenoxy) is 1. The fraction of sp³-hybridized carbons (Fsp3) is 0.333. The van der Waals surface area contributed by atoms with Crippen LogP contribution in [0.25, 0.3) is 11.1 Å². The molecule has 2 N–H and O–H groups in total. The molecular weight excluding hydrogens is 485 g/mol. The van der Waals surface area contributed by atoms with Gasteiger partial charge in [0.15, 0.2) is 0 Å². The second-order valence-electron chi connectivity index (χ2n) is 9.84. The number of fused-ring (bicyclic) bond motifs is 3. The van der Waals surface area contributed by atoms with Gasteiger partial charge in [0, 0.05) is 37.3 Å². The zero-order valence-corrected chi connectivity index (χ0v) is 21.9. The molecule has 0 aromatic heterocycles. The zero-order chi connectivity index (χ0) is 27.2. The minimum atomic E-state index is -0.408. The number of aliphatic hydroxyl groups is 1. The van der Waals surface area contributed by atoms with Crippen LogP contribution in [0.1, 0.15) is 29.8 Å². The standard InChI is InChI=1S/C30H34FN3O4/c1-20-16-34(21(2)18-35)29(36)27-11-7-6-10-26(27)25-9-5-4-8-22(25)19-38-28(20)17-33(3)30(37)32-24-14-12-23(31)13-15-24/h4-15,20-21,28,35H,16-19H2,1-3H3,(H,32,37)/t20-,21+,28+/m0/s1. The normalized spacial score (nSPS) is 18.6. The summed E-state index contributed by atoms with van der Waals surface area (Å²) in [5, 5.41) is 12.7. The molecule has 0 unspecified atom stereocenters. The quantitative estimate of drug-likeness (QED) is 0.496. The second-order valence-corrected chi connectivity index (χ2v) is 9.84. The van der Waals surface area contributed by atoms with Crippen molar-refractivity contribution in [2.24, 2.45) is 5.92 Å². The molecule has 0 saturated carbocycles. The van der Waals surface area contributed by atoms with Crippen molar-refractivity contribution in [3.63, 3.8) is 0 Å². The highest BCUT2D eigenvalue weighted by atomic mass is 19.1. The highest BCUT2D eigenvalue weighted by molar-refractivity contribution is 6.01. The van der Waals surface area contributed by atoms with E-state index in [4.69, 9.17) is 4.74 Å². The molecule has 0 bridgehead atoms. The number of amides is 3. The Morgan fingerprint density at radius 3 is 2.39 bits per heavy atom. The van der Waals surface area contributed by atoms with Gasteiger partial charge < -0.3 is 25.0 Å².